The largest absolute Gasteiger partial charge is 0.356 e. The van der Waals surface area contributed by atoms with Gasteiger partial charge in [-0.05, 0) is 37.9 Å². The molecule has 2 rings (SSSR count). The molecular weight excluding hydrogens is 284 g/mol. The summed E-state index contributed by atoms with van der Waals surface area (Å²) < 4.78 is 0. The average Bonchev–Trinajstić information content (AvgIpc) is 3.06. The van der Waals surface area contributed by atoms with Crippen LogP contribution in [0.5, 0.6) is 0 Å². The van der Waals surface area contributed by atoms with Gasteiger partial charge in [-0.1, -0.05) is 44.2 Å². The van der Waals surface area contributed by atoms with Gasteiger partial charge in [-0.2, -0.15) is 0 Å². The molecule has 1 heterocycles. The van der Waals surface area contributed by atoms with Gasteiger partial charge in [0.05, 0.1) is 0 Å². The molecule has 0 saturated carbocycles. The molecule has 128 valence electrons. The fraction of sp³-hybridized carbons (Fsp3) is 0.632. The number of likely N-dealkylation sites (tertiary alicyclic amines) is 1. The van der Waals surface area contributed by atoms with Crippen LogP contribution in [0.25, 0.3) is 0 Å². The van der Waals surface area contributed by atoms with Crippen molar-refractivity contribution in [1.29, 1.82) is 0 Å². The van der Waals surface area contributed by atoms with Crippen LogP contribution in [0.1, 0.15) is 44.6 Å². The first-order valence-corrected chi connectivity index (χ1v) is 9.02. The monoisotopic (exact) mass is 316 g/mol. The molecule has 23 heavy (non-hydrogen) atoms. The van der Waals surface area contributed by atoms with Gasteiger partial charge in [0, 0.05) is 32.1 Å². The summed E-state index contributed by atoms with van der Waals surface area (Å²) in [5.41, 5.74) is 1.39. The first kappa shape index (κ1) is 17.8. The number of hydrogen-bond acceptors (Lipinski definition) is 2. The number of likely N-dealkylation sites (N-methyl/N-ethyl adjacent to an activating group) is 1. The van der Waals surface area contributed by atoms with Gasteiger partial charge >= 0.3 is 0 Å². The molecule has 2 unspecified atom stereocenters. The Morgan fingerprint density at radius 3 is 2.70 bits per heavy atom. The van der Waals surface area contributed by atoms with E-state index in [2.05, 4.69) is 64.7 Å². The minimum atomic E-state index is 0.522. The Bertz CT molecular complexity index is 472. The Morgan fingerprint density at radius 2 is 2.04 bits per heavy atom. The van der Waals surface area contributed by atoms with Crippen LogP contribution in [0, 0.1) is 0 Å². The Morgan fingerprint density at radius 1 is 1.26 bits per heavy atom. The van der Waals surface area contributed by atoms with Crippen LogP contribution < -0.4 is 10.6 Å². The lowest BCUT2D eigenvalue weighted by Gasteiger charge is -2.24. The van der Waals surface area contributed by atoms with Crippen molar-refractivity contribution in [2.45, 2.75) is 45.1 Å². The molecule has 1 saturated heterocycles. The van der Waals surface area contributed by atoms with Gasteiger partial charge in [0.1, 0.15) is 0 Å². The maximum Gasteiger partial charge on any atom is 0.191 e. The third kappa shape index (κ3) is 5.24. The molecule has 0 spiro atoms. The molecule has 0 amide bonds. The number of hydrogen-bond donors (Lipinski definition) is 2. The summed E-state index contributed by atoms with van der Waals surface area (Å²) in [5.74, 6) is 1.44. The summed E-state index contributed by atoms with van der Waals surface area (Å²) >= 11 is 0. The highest BCUT2D eigenvalue weighted by Gasteiger charge is 2.22. The standard InChI is InChI=1S/C19H32N4/c1-4-16(17-10-7-6-8-11-17)14-21-19(20-3)22-15-18-12-9-13-23(18)5-2/h6-8,10-11,16,18H,4-5,9,12-15H2,1-3H3,(H2,20,21,22). The molecule has 1 fully saturated rings. The van der Waals surface area contributed by atoms with Gasteiger partial charge in [0.15, 0.2) is 5.96 Å². The van der Waals surface area contributed by atoms with E-state index in [1.807, 2.05) is 7.05 Å². The minimum Gasteiger partial charge on any atom is -0.356 e. The van der Waals surface area contributed by atoms with E-state index in [0.29, 0.717) is 12.0 Å². The zero-order valence-corrected chi connectivity index (χ0v) is 14.9. The molecule has 2 N–H and O–H groups in total. The van der Waals surface area contributed by atoms with Gasteiger partial charge < -0.3 is 10.6 Å². The molecule has 4 nitrogen and oxygen atoms in total. The lowest BCUT2D eigenvalue weighted by molar-refractivity contribution is 0.267. The Labute approximate surface area is 141 Å². The van der Waals surface area contributed by atoms with Gasteiger partial charge in [0.2, 0.25) is 0 Å². The lowest BCUT2D eigenvalue weighted by Crippen LogP contribution is -2.45. The van der Waals surface area contributed by atoms with E-state index in [4.69, 9.17) is 0 Å². The number of aliphatic imine (C=N–C) groups is 1. The maximum absolute atomic E-state index is 4.38. The quantitative estimate of drug-likeness (QED) is 0.600. The number of nitrogens with zero attached hydrogens (tertiary/aromatic N) is 2. The van der Waals surface area contributed by atoms with E-state index in [0.717, 1.165) is 32.0 Å². The van der Waals surface area contributed by atoms with Crippen molar-refractivity contribution in [3.8, 4) is 0 Å². The van der Waals surface area contributed by atoms with Crippen molar-refractivity contribution in [2.75, 3.05) is 33.2 Å². The highest BCUT2D eigenvalue weighted by atomic mass is 15.2. The topological polar surface area (TPSA) is 39.7 Å². The molecule has 2 atom stereocenters. The van der Waals surface area contributed by atoms with Crippen molar-refractivity contribution in [2.24, 2.45) is 4.99 Å². The van der Waals surface area contributed by atoms with Crippen LogP contribution in [0.4, 0.5) is 0 Å². The first-order valence-electron chi connectivity index (χ1n) is 9.02. The molecule has 1 aromatic carbocycles. The SMILES string of the molecule is CCC(CNC(=NC)NCC1CCCN1CC)c1ccccc1. The number of rotatable bonds is 7. The highest BCUT2D eigenvalue weighted by molar-refractivity contribution is 5.79. The van der Waals surface area contributed by atoms with Crippen LogP contribution in [0.2, 0.25) is 0 Å². The number of guanidine groups is 1. The zero-order chi connectivity index (χ0) is 16.5. The second-order valence-corrected chi connectivity index (χ2v) is 6.27. The average molecular weight is 316 g/mol. The summed E-state index contributed by atoms with van der Waals surface area (Å²) in [7, 11) is 1.85. The van der Waals surface area contributed by atoms with E-state index >= 15 is 0 Å². The molecule has 0 aromatic heterocycles. The third-order valence-electron chi connectivity index (χ3n) is 4.91. The Kier molecular flexibility index (Phi) is 7.40. The smallest absolute Gasteiger partial charge is 0.191 e. The fourth-order valence-electron chi connectivity index (χ4n) is 3.42. The van der Waals surface area contributed by atoms with Crippen molar-refractivity contribution in [1.82, 2.24) is 15.5 Å². The van der Waals surface area contributed by atoms with Crippen LogP contribution in [0.3, 0.4) is 0 Å². The fourth-order valence-corrected chi connectivity index (χ4v) is 3.42. The molecule has 1 aromatic rings. The maximum atomic E-state index is 4.38. The number of nitrogens with one attached hydrogen (secondary N) is 2. The minimum absolute atomic E-state index is 0.522. The van der Waals surface area contributed by atoms with E-state index in [1.54, 1.807) is 0 Å². The van der Waals surface area contributed by atoms with Gasteiger partial charge in [0.25, 0.3) is 0 Å². The molecule has 0 aliphatic carbocycles. The van der Waals surface area contributed by atoms with Crippen LogP contribution in [-0.4, -0.2) is 50.1 Å². The first-order chi connectivity index (χ1) is 11.3. The summed E-state index contributed by atoms with van der Waals surface area (Å²) in [6, 6.07) is 11.4. The van der Waals surface area contributed by atoms with Crippen molar-refractivity contribution < 1.29 is 0 Å². The third-order valence-corrected chi connectivity index (χ3v) is 4.91. The van der Waals surface area contributed by atoms with E-state index in [-0.39, 0.29) is 0 Å². The predicted molar refractivity (Wildman–Crippen MR) is 99.1 cm³/mol. The second-order valence-electron chi connectivity index (χ2n) is 6.27. The highest BCUT2D eigenvalue weighted by Crippen LogP contribution is 2.18. The summed E-state index contributed by atoms with van der Waals surface area (Å²) in [6.45, 7) is 8.77. The Balaban J connectivity index is 1.80. The molecular formula is C19H32N4. The van der Waals surface area contributed by atoms with Gasteiger partial charge in [-0.15, -0.1) is 0 Å². The van der Waals surface area contributed by atoms with E-state index < -0.39 is 0 Å². The zero-order valence-electron chi connectivity index (χ0n) is 14.9. The second kappa shape index (κ2) is 9.56. The van der Waals surface area contributed by atoms with Crippen molar-refractivity contribution in [3.63, 3.8) is 0 Å². The van der Waals surface area contributed by atoms with Crippen LogP contribution in [0.15, 0.2) is 35.3 Å². The van der Waals surface area contributed by atoms with Crippen LogP contribution in [-0.2, 0) is 0 Å². The normalized spacial score (nSPS) is 20.5. The van der Waals surface area contributed by atoms with Gasteiger partial charge in [-0.3, -0.25) is 9.89 Å². The molecule has 1 aliphatic heterocycles. The summed E-state index contributed by atoms with van der Waals surface area (Å²) in [4.78, 5) is 6.93. The lowest BCUT2D eigenvalue weighted by atomic mass is 9.97. The molecule has 1 aliphatic rings. The van der Waals surface area contributed by atoms with E-state index in [1.165, 1.54) is 24.9 Å². The summed E-state index contributed by atoms with van der Waals surface area (Å²) in [6.07, 6.45) is 3.73. The van der Waals surface area contributed by atoms with Crippen LogP contribution >= 0.6 is 0 Å². The van der Waals surface area contributed by atoms with Crippen molar-refractivity contribution in [3.05, 3.63) is 35.9 Å². The Hall–Kier alpha value is -1.55. The van der Waals surface area contributed by atoms with Gasteiger partial charge in [-0.25, -0.2) is 0 Å². The predicted octanol–water partition coefficient (Wildman–Crippen LogP) is 2.83. The summed E-state index contributed by atoms with van der Waals surface area (Å²) in [5, 5.41) is 7.00. The van der Waals surface area contributed by atoms with Crippen molar-refractivity contribution >= 4 is 5.96 Å². The molecule has 0 bridgehead atoms. The molecule has 0 radical (unpaired) electrons. The number of benzene rings is 1. The molecule has 4 heteroatoms. The van der Waals surface area contributed by atoms with E-state index in [9.17, 15) is 0 Å².